The van der Waals surface area contributed by atoms with Gasteiger partial charge in [0.25, 0.3) is 0 Å². The molecule has 8 nitrogen and oxygen atoms in total. The molecule has 0 N–H and O–H groups in total. The lowest BCUT2D eigenvalue weighted by molar-refractivity contribution is 0.0255. The molecule has 0 spiro atoms. The summed E-state index contributed by atoms with van der Waals surface area (Å²) in [5.41, 5.74) is -0.202. The maximum atomic E-state index is 13.4. The van der Waals surface area contributed by atoms with Crippen LogP contribution in [0.25, 0.3) is 0 Å². The molecule has 3 rings (SSSR count). The highest BCUT2D eigenvalue weighted by molar-refractivity contribution is 9.10. The Bertz CT molecular complexity index is 1080. The molecule has 0 bridgehead atoms. The van der Waals surface area contributed by atoms with Gasteiger partial charge in [-0.1, -0.05) is 28.1 Å². The monoisotopic (exact) mass is 517 g/mol. The van der Waals surface area contributed by atoms with Crippen LogP contribution in [0.15, 0.2) is 51.9 Å². The number of carbonyl (C=O) groups excluding carboxylic acids is 2. The van der Waals surface area contributed by atoms with Crippen LogP contribution in [0.3, 0.4) is 0 Å². The Hall–Kier alpha value is -3.07. The average molecular weight is 518 g/mol. The number of hydrogen-bond acceptors (Lipinski definition) is 6. The van der Waals surface area contributed by atoms with Gasteiger partial charge in [0.2, 0.25) is 0 Å². The standard InChI is InChI=1S/C24H28BrN3O5/c1-23(2,3)32-21(29)27-19-14-17(31-7)12-13-18(19)26-20(15-8-10-16(25)11-9-15)28(27)22(30)33-24(4,5)6/h8-14H,1-7H3. The maximum Gasteiger partial charge on any atom is 0.436 e. The minimum absolute atomic E-state index is 0.222. The van der Waals surface area contributed by atoms with Crippen LogP contribution in [-0.2, 0) is 9.47 Å². The van der Waals surface area contributed by atoms with Crippen molar-refractivity contribution in [1.29, 1.82) is 0 Å². The van der Waals surface area contributed by atoms with Gasteiger partial charge >= 0.3 is 12.2 Å². The van der Waals surface area contributed by atoms with Crippen LogP contribution in [0.4, 0.5) is 21.0 Å². The first-order valence-electron chi connectivity index (χ1n) is 10.4. The van der Waals surface area contributed by atoms with Crippen molar-refractivity contribution in [3.8, 4) is 5.75 Å². The Morgan fingerprint density at radius 2 is 1.39 bits per heavy atom. The fourth-order valence-electron chi connectivity index (χ4n) is 3.00. The van der Waals surface area contributed by atoms with Crippen LogP contribution in [0.2, 0.25) is 0 Å². The number of carbonyl (C=O) groups is 2. The van der Waals surface area contributed by atoms with Gasteiger partial charge in [-0.05, 0) is 65.8 Å². The van der Waals surface area contributed by atoms with Gasteiger partial charge in [-0.2, -0.15) is 10.0 Å². The quantitative estimate of drug-likeness (QED) is 0.457. The zero-order valence-corrected chi connectivity index (χ0v) is 21.4. The number of halogens is 1. The lowest BCUT2D eigenvalue weighted by atomic mass is 10.1. The molecular weight excluding hydrogens is 490 g/mol. The molecule has 0 atom stereocenters. The van der Waals surface area contributed by atoms with Crippen molar-refractivity contribution in [1.82, 2.24) is 5.01 Å². The van der Waals surface area contributed by atoms with E-state index in [4.69, 9.17) is 19.2 Å². The minimum Gasteiger partial charge on any atom is -0.497 e. The van der Waals surface area contributed by atoms with Crippen LogP contribution >= 0.6 is 15.9 Å². The van der Waals surface area contributed by atoms with E-state index in [0.29, 0.717) is 22.7 Å². The number of benzene rings is 2. The molecule has 1 aliphatic heterocycles. The van der Waals surface area contributed by atoms with Crippen LogP contribution in [0.1, 0.15) is 47.1 Å². The molecule has 0 saturated heterocycles. The number of ether oxygens (including phenoxy) is 3. The van der Waals surface area contributed by atoms with Gasteiger partial charge in [0.05, 0.1) is 18.5 Å². The summed E-state index contributed by atoms with van der Waals surface area (Å²) in [7, 11) is 1.52. The molecular formula is C24H28BrN3O5. The third-order valence-corrected chi connectivity index (χ3v) is 4.80. The molecule has 33 heavy (non-hydrogen) atoms. The molecule has 0 unspecified atom stereocenters. The molecule has 1 aliphatic rings. The van der Waals surface area contributed by atoms with Crippen molar-refractivity contribution >= 4 is 45.3 Å². The molecule has 0 aromatic heterocycles. The lowest BCUT2D eigenvalue weighted by Gasteiger charge is -2.39. The third-order valence-electron chi connectivity index (χ3n) is 4.27. The van der Waals surface area contributed by atoms with E-state index in [1.165, 1.54) is 7.11 Å². The first-order chi connectivity index (χ1) is 15.3. The van der Waals surface area contributed by atoms with Gasteiger partial charge in [-0.25, -0.2) is 14.6 Å². The van der Waals surface area contributed by atoms with E-state index >= 15 is 0 Å². The Morgan fingerprint density at radius 1 is 0.848 bits per heavy atom. The van der Waals surface area contributed by atoms with Gasteiger partial charge in [-0.3, -0.25) is 0 Å². The molecule has 9 heteroatoms. The van der Waals surface area contributed by atoms with Gasteiger partial charge < -0.3 is 14.2 Å². The number of anilines is 1. The van der Waals surface area contributed by atoms with Gasteiger partial charge in [0, 0.05) is 16.1 Å². The number of rotatable bonds is 2. The molecule has 2 amide bonds. The molecule has 2 aromatic carbocycles. The van der Waals surface area contributed by atoms with Crippen LogP contribution in [0, 0.1) is 0 Å². The number of amidine groups is 1. The zero-order valence-electron chi connectivity index (χ0n) is 19.8. The normalized spacial score (nSPS) is 13.8. The average Bonchev–Trinajstić information content (AvgIpc) is 2.69. The highest BCUT2D eigenvalue weighted by Gasteiger charge is 2.41. The van der Waals surface area contributed by atoms with Crippen molar-refractivity contribution < 1.29 is 23.8 Å². The predicted molar refractivity (Wildman–Crippen MR) is 130 cm³/mol. The summed E-state index contributed by atoms with van der Waals surface area (Å²) in [5.74, 6) is 0.717. The van der Waals surface area contributed by atoms with Crippen LogP contribution in [0.5, 0.6) is 5.75 Å². The highest BCUT2D eigenvalue weighted by Crippen LogP contribution is 2.39. The minimum atomic E-state index is -0.809. The molecule has 0 fully saturated rings. The van der Waals surface area contributed by atoms with Gasteiger partial charge in [0.15, 0.2) is 5.84 Å². The van der Waals surface area contributed by atoms with E-state index in [2.05, 4.69) is 15.9 Å². The van der Waals surface area contributed by atoms with Crippen molar-refractivity contribution in [2.45, 2.75) is 52.7 Å². The fraction of sp³-hybridized carbons (Fsp3) is 0.375. The Morgan fingerprint density at radius 3 is 1.91 bits per heavy atom. The van der Waals surface area contributed by atoms with Gasteiger partial charge in [-0.15, -0.1) is 0 Å². The second-order valence-electron chi connectivity index (χ2n) is 9.38. The Balaban J connectivity index is 2.25. The molecule has 0 radical (unpaired) electrons. The van der Waals surface area contributed by atoms with Gasteiger partial charge in [0.1, 0.15) is 17.0 Å². The van der Waals surface area contributed by atoms with E-state index in [1.54, 1.807) is 71.9 Å². The van der Waals surface area contributed by atoms with Crippen molar-refractivity contribution in [2.75, 3.05) is 12.1 Å². The molecule has 0 aliphatic carbocycles. The second-order valence-corrected chi connectivity index (χ2v) is 10.3. The molecule has 2 aromatic rings. The molecule has 0 saturated carbocycles. The third kappa shape index (κ3) is 5.84. The van der Waals surface area contributed by atoms with Crippen molar-refractivity contribution in [3.05, 3.63) is 52.5 Å². The number of nitrogens with zero attached hydrogens (tertiary/aromatic N) is 3. The summed E-state index contributed by atoms with van der Waals surface area (Å²) in [6, 6.07) is 12.3. The summed E-state index contributed by atoms with van der Waals surface area (Å²) in [4.78, 5) is 31.6. The van der Waals surface area contributed by atoms with E-state index < -0.39 is 23.4 Å². The van der Waals surface area contributed by atoms with E-state index in [-0.39, 0.29) is 5.84 Å². The number of fused-ring (bicyclic) bond motifs is 1. The first kappa shape index (κ1) is 24.6. The summed E-state index contributed by atoms with van der Waals surface area (Å²) in [5, 5.41) is 2.24. The number of methoxy groups -OCH3 is 1. The smallest absolute Gasteiger partial charge is 0.436 e. The summed E-state index contributed by atoms with van der Waals surface area (Å²) < 4.78 is 17.5. The predicted octanol–water partition coefficient (Wildman–Crippen LogP) is 6.44. The van der Waals surface area contributed by atoms with E-state index in [0.717, 1.165) is 14.5 Å². The number of aliphatic imine (C=N–C) groups is 1. The Labute approximate surface area is 202 Å². The number of amides is 2. The lowest BCUT2D eigenvalue weighted by Crippen LogP contribution is -2.57. The molecule has 176 valence electrons. The number of hydrazine groups is 1. The van der Waals surface area contributed by atoms with Crippen LogP contribution < -0.4 is 9.75 Å². The molecule has 1 heterocycles. The summed E-state index contributed by atoms with van der Waals surface area (Å²) in [6.07, 6.45) is -1.53. The van der Waals surface area contributed by atoms with E-state index in [9.17, 15) is 9.59 Å². The number of hydrogen-bond donors (Lipinski definition) is 0. The summed E-state index contributed by atoms with van der Waals surface area (Å²) >= 11 is 3.42. The fourth-order valence-corrected chi connectivity index (χ4v) is 3.27. The van der Waals surface area contributed by atoms with Crippen LogP contribution in [-0.4, -0.2) is 41.3 Å². The van der Waals surface area contributed by atoms with E-state index in [1.807, 2.05) is 12.1 Å². The SMILES string of the molecule is COc1ccc2c(c1)N(C(=O)OC(C)(C)C)N(C(=O)OC(C)(C)C)C(c1ccc(Br)cc1)=N2. The Kier molecular flexibility index (Phi) is 6.74. The highest BCUT2D eigenvalue weighted by atomic mass is 79.9. The first-order valence-corrected chi connectivity index (χ1v) is 11.2. The zero-order chi connectivity index (χ0) is 24.6. The largest absolute Gasteiger partial charge is 0.497 e. The summed E-state index contributed by atoms with van der Waals surface area (Å²) in [6.45, 7) is 10.5. The second kappa shape index (κ2) is 9.05. The van der Waals surface area contributed by atoms with Crippen molar-refractivity contribution in [2.24, 2.45) is 4.99 Å². The topological polar surface area (TPSA) is 80.7 Å². The van der Waals surface area contributed by atoms with Crippen molar-refractivity contribution in [3.63, 3.8) is 0 Å². The maximum absolute atomic E-state index is 13.4.